The lowest BCUT2D eigenvalue weighted by molar-refractivity contribution is -0.148. The summed E-state index contributed by atoms with van der Waals surface area (Å²) in [6.45, 7) is 2.94. The molecule has 2 bridgehead atoms. The number of amides is 4. The van der Waals surface area contributed by atoms with Crippen LogP contribution >= 0.6 is 21.6 Å². The van der Waals surface area contributed by atoms with Crippen LogP contribution in [0.15, 0.2) is 12.2 Å². The number of allylic oxidation sites excluding steroid dienone is 1. The van der Waals surface area contributed by atoms with Crippen LogP contribution in [0.25, 0.3) is 0 Å². The van der Waals surface area contributed by atoms with Crippen LogP contribution in [-0.4, -0.2) is 92.3 Å². The summed E-state index contributed by atoms with van der Waals surface area (Å²) in [7, 11) is -0.935. The van der Waals surface area contributed by atoms with E-state index in [-0.39, 0.29) is 18.1 Å². The van der Waals surface area contributed by atoms with Crippen molar-refractivity contribution in [1.82, 2.24) is 21.3 Å². The highest BCUT2D eigenvalue weighted by molar-refractivity contribution is 8.76. The molecule has 15 heteroatoms. The van der Waals surface area contributed by atoms with E-state index in [1.54, 1.807) is 26.0 Å². The Morgan fingerprint density at radius 1 is 1.03 bits per heavy atom. The van der Waals surface area contributed by atoms with Gasteiger partial charge in [0.05, 0.1) is 12.2 Å². The summed E-state index contributed by atoms with van der Waals surface area (Å²) >= 11 is 0. The van der Waals surface area contributed by atoms with Crippen LogP contribution in [0.3, 0.4) is 0 Å². The highest BCUT2D eigenvalue weighted by Crippen LogP contribution is 2.23. The van der Waals surface area contributed by atoms with E-state index in [0.717, 1.165) is 6.26 Å². The number of carbonyl (C=O) groups is 5. The Labute approximate surface area is 218 Å². The van der Waals surface area contributed by atoms with Gasteiger partial charge in [-0.05, 0) is 18.4 Å². The van der Waals surface area contributed by atoms with Crippen molar-refractivity contribution in [2.45, 2.75) is 50.9 Å². The first-order valence-corrected chi connectivity index (χ1v) is 15.9. The smallest absolute Gasteiger partial charge is 0.326 e. The second-order valence-corrected chi connectivity index (χ2v) is 13.6. The second kappa shape index (κ2) is 13.9. The van der Waals surface area contributed by atoms with Crippen LogP contribution in [0.2, 0.25) is 0 Å². The number of carbonyl (C=O) groups excluding carboxylic acids is 5. The minimum Gasteiger partial charge on any atom is -0.456 e. The lowest BCUT2D eigenvalue weighted by Gasteiger charge is -2.27. The zero-order valence-electron chi connectivity index (χ0n) is 20.3. The topological polar surface area (TPSA) is 177 Å². The third-order valence-corrected chi connectivity index (χ3v) is 8.50. The van der Waals surface area contributed by atoms with Crippen LogP contribution in [0.4, 0.5) is 0 Å². The predicted molar refractivity (Wildman–Crippen MR) is 137 cm³/mol. The molecule has 0 aromatic rings. The Morgan fingerprint density at radius 3 is 2.42 bits per heavy atom. The fourth-order valence-electron chi connectivity index (χ4n) is 3.33. The summed E-state index contributed by atoms with van der Waals surface area (Å²) < 4.78 is 29.3. The quantitative estimate of drug-likeness (QED) is 0.187. The van der Waals surface area contributed by atoms with Gasteiger partial charge in [-0.15, -0.1) is 0 Å². The van der Waals surface area contributed by atoms with Gasteiger partial charge in [-0.1, -0.05) is 41.5 Å². The number of esters is 1. The monoisotopic (exact) mass is 564 g/mol. The number of hydrogen-bond donors (Lipinski definition) is 4. The van der Waals surface area contributed by atoms with E-state index < -0.39 is 76.0 Å². The molecule has 12 nitrogen and oxygen atoms in total. The molecule has 0 saturated carbocycles. The van der Waals surface area contributed by atoms with Gasteiger partial charge in [0, 0.05) is 17.8 Å². The fourth-order valence-corrected chi connectivity index (χ4v) is 6.33. The first-order valence-electron chi connectivity index (χ1n) is 11.3. The molecule has 4 atom stereocenters. The number of rotatable bonds is 3. The Hall–Kier alpha value is -2.26. The van der Waals surface area contributed by atoms with Gasteiger partial charge in [0.15, 0.2) is 0 Å². The van der Waals surface area contributed by atoms with Gasteiger partial charge < -0.3 is 26.0 Å². The Kier molecular flexibility index (Phi) is 11.6. The second-order valence-electron chi connectivity index (χ2n) is 8.78. The molecule has 0 aromatic carbocycles. The number of fused-ring (bicyclic) bond motifs is 7. The maximum Gasteiger partial charge on any atom is 0.326 e. The molecule has 202 valence electrons. The zero-order valence-corrected chi connectivity index (χ0v) is 22.7. The van der Waals surface area contributed by atoms with Crippen molar-refractivity contribution in [3.63, 3.8) is 0 Å². The molecule has 2 aliphatic rings. The third kappa shape index (κ3) is 10.4. The Balaban J connectivity index is 2.50. The molecular formula is C21H32N4O8S3. The largest absolute Gasteiger partial charge is 0.456 e. The Morgan fingerprint density at radius 2 is 1.75 bits per heavy atom. The minimum atomic E-state index is -3.70. The normalized spacial score (nSPS) is 28.7. The summed E-state index contributed by atoms with van der Waals surface area (Å²) in [4.78, 5) is 64.0. The maximum absolute atomic E-state index is 13.1. The first-order chi connectivity index (χ1) is 16.9. The third-order valence-electron chi connectivity index (χ3n) is 5.11. The van der Waals surface area contributed by atoms with E-state index in [1.165, 1.54) is 21.6 Å². The van der Waals surface area contributed by atoms with Gasteiger partial charge in [0.1, 0.15) is 40.6 Å². The van der Waals surface area contributed by atoms with Gasteiger partial charge in [-0.3, -0.25) is 24.0 Å². The van der Waals surface area contributed by atoms with Crippen LogP contribution in [0.1, 0.15) is 26.7 Å². The van der Waals surface area contributed by atoms with Crippen molar-refractivity contribution in [3.8, 4) is 0 Å². The number of nitrogens with one attached hydrogen (secondary N) is 4. The molecule has 2 aliphatic heterocycles. The molecule has 2 heterocycles. The van der Waals surface area contributed by atoms with Crippen molar-refractivity contribution >= 4 is 61.0 Å². The van der Waals surface area contributed by atoms with E-state index in [2.05, 4.69) is 21.3 Å². The van der Waals surface area contributed by atoms with E-state index in [9.17, 15) is 32.4 Å². The molecule has 2 rings (SSSR count). The van der Waals surface area contributed by atoms with Crippen molar-refractivity contribution in [1.29, 1.82) is 0 Å². The van der Waals surface area contributed by atoms with E-state index in [1.807, 2.05) is 0 Å². The molecule has 36 heavy (non-hydrogen) atoms. The summed E-state index contributed by atoms with van der Waals surface area (Å²) in [6.07, 6.45) is 3.41. The SMILES string of the molecule is CC(C)[C@H]1NC(=O)[C@H]2CSSCC/C=C/[C@H](CC(=O)N[C@@H](CS(C)(=O)=O)C(=O)N2)OC(=O)CNC1=O. The first kappa shape index (κ1) is 30.0. The zero-order chi connectivity index (χ0) is 26.9. The summed E-state index contributed by atoms with van der Waals surface area (Å²) in [5.74, 6) is -3.94. The number of sulfone groups is 1. The summed E-state index contributed by atoms with van der Waals surface area (Å²) in [5.41, 5.74) is 0. The van der Waals surface area contributed by atoms with Crippen molar-refractivity contribution in [2.24, 2.45) is 5.92 Å². The average molecular weight is 565 g/mol. The Bertz CT molecular complexity index is 986. The molecule has 0 radical (unpaired) electrons. The molecule has 1 saturated heterocycles. The molecule has 0 aliphatic carbocycles. The van der Waals surface area contributed by atoms with Crippen LogP contribution in [0, 0.1) is 5.92 Å². The van der Waals surface area contributed by atoms with Crippen LogP contribution < -0.4 is 21.3 Å². The fraction of sp³-hybridized carbons (Fsp3) is 0.667. The highest BCUT2D eigenvalue weighted by atomic mass is 33.1. The van der Waals surface area contributed by atoms with E-state index in [4.69, 9.17) is 4.74 Å². The molecule has 0 aromatic heterocycles. The molecular weight excluding hydrogens is 532 g/mol. The molecule has 4 N–H and O–H groups in total. The van der Waals surface area contributed by atoms with Crippen LogP contribution in [0.5, 0.6) is 0 Å². The standard InChI is InChI=1S/C21H32N4O8S3/c1-12(2)18-21(30)22-9-17(27)33-13-6-4-5-7-34-35-10-14(19(28)25-18)24-20(29)15(11-36(3,31)32)23-16(26)8-13/h4,6,12-15,18H,5,7-11H2,1-3H3,(H,22,30)(H,23,26)(H,24,29)(H,25,28)/b6-4+/t13-,14-,15+,18-/m1/s1. The lowest BCUT2D eigenvalue weighted by Crippen LogP contribution is -2.59. The minimum absolute atomic E-state index is 0.127. The van der Waals surface area contributed by atoms with Gasteiger partial charge in [0.25, 0.3) is 0 Å². The van der Waals surface area contributed by atoms with E-state index >= 15 is 0 Å². The van der Waals surface area contributed by atoms with Crippen molar-refractivity contribution in [2.75, 3.05) is 30.1 Å². The summed E-state index contributed by atoms with van der Waals surface area (Å²) in [5, 5.41) is 9.96. The lowest BCUT2D eigenvalue weighted by atomic mass is 10.0. The van der Waals surface area contributed by atoms with Gasteiger partial charge >= 0.3 is 5.97 Å². The highest BCUT2D eigenvalue weighted by Gasteiger charge is 2.33. The van der Waals surface area contributed by atoms with Gasteiger partial charge in [-0.25, -0.2) is 8.42 Å². The van der Waals surface area contributed by atoms with Crippen molar-refractivity contribution in [3.05, 3.63) is 12.2 Å². The number of hydrogen-bond acceptors (Lipinski definition) is 10. The summed E-state index contributed by atoms with van der Waals surface area (Å²) in [6, 6.07) is -3.61. The van der Waals surface area contributed by atoms with Crippen molar-refractivity contribution < 1.29 is 37.1 Å². The molecule has 1 fully saturated rings. The van der Waals surface area contributed by atoms with E-state index in [0.29, 0.717) is 12.2 Å². The average Bonchev–Trinajstić information content (AvgIpc) is 2.76. The molecule has 0 unspecified atom stereocenters. The van der Waals surface area contributed by atoms with Gasteiger partial charge in [-0.2, -0.15) is 0 Å². The van der Waals surface area contributed by atoms with Gasteiger partial charge in [0.2, 0.25) is 23.6 Å². The molecule has 4 amide bonds. The predicted octanol–water partition coefficient (Wildman–Crippen LogP) is -1.09. The maximum atomic E-state index is 13.1. The van der Waals surface area contributed by atoms with Crippen LogP contribution in [-0.2, 0) is 38.5 Å². The number of ether oxygens (including phenoxy) is 1. The molecule has 0 spiro atoms.